The minimum atomic E-state index is -3.37. The number of carbonyl (C=O) groups excluding carboxylic acids is 1. The maximum Gasteiger partial charge on any atom is 0.319 e. The SMILES string of the molecule is C[C@H](NC(=O)Nc1ccc(F)cc1)c1cccc(NS(C)(=O)=O)c1. The largest absolute Gasteiger partial charge is 0.331 e. The number of benzene rings is 2. The minimum Gasteiger partial charge on any atom is -0.331 e. The van der Waals surface area contributed by atoms with Gasteiger partial charge in [-0.25, -0.2) is 17.6 Å². The summed E-state index contributed by atoms with van der Waals surface area (Å²) < 4.78 is 37.8. The van der Waals surface area contributed by atoms with Crippen LogP contribution in [0, 0.1) is 5.82 Å². The first-order chi connectivity index (χ1) is 11.2. The molecule has 8 heteroatoms. The quantitative estimate of drug-likeness (QED) is 0.773. The number of carbonyl (C=O) groups is 1. The second-order valence-electron chi connectivity index (χ2n) is 5.33. The monoisotopic (exact) mass is 351 g/mol. The summed E-state index contributed by atoms with van der Waals surface area (Å²) in [6.45, 7) is 1.77. The molecule has 6 nitrogen and oxygen atoms in total. The summed E-state index contributed by atoms with van der Waals surface area (Å²) in [6.07, 6.45) is 1.07. The summed E-state index contributed by atoms with van der Waals surface area (Å²) in [4.78, 5) is 12.0. The van der Waals surface area contributed by atoms with Gasteiger partial charge in [0, 0.05) is 11.4 Å². The first-order valence-electron chi connectivity index (χ1n) is 7.14. The molecular weight excluding hydrogens is 333 g/mol. The van der Waals surface area contributed by atoms with E-state index in [9.17, 15) is 17.6 Å². The van der Waals surface area contributed by atoms with Crippen molar-refractivity contribution in [1.82, 2.24) is 5.32 Å². The molecular formula is C16H18FN3O3S. The number of nitrogens with one attached hydrogen (secondary N) is 3. The van der Waals surface area contributed by atoms with E-state index >= 15 is 0 Å². The second-order valence-corrected chi connectivity index (χ2v) is 7.08. The predicted octanol–water partition coefficient (Wildman–Crippen LogP) is 3.08. The Bertz CT molecular complexity index is 823. The highest BCUT2D eigenvalue weighted by Crippen LogP contribution is 2.18. The van der Waals surface area contributed by atoms with Gasteiger partial charge in [-0.05, 0) is 48.9 Å². The van der Waals surface area contributed by atoms with Crippen molar-refractivity contribution >= 4 is 27.4 Å². The van der Waals surface area contributed by atoms with Crippen LogP contribution in [-0.2, 0) is 10.0 Å². The Hall–Kier alpha value is -2.61. The number of amides is 2. The molecule has 1 atom stereocenters. The molecule has 0 spiro atoms. The van der Waals surface area contributed by atoms with Gasteiger partial charge < -0.3 is 10.6 Å². The zero-order valence-corrected chi connectivity index (χ0v) is 14.0. The van der Waals surface area contributed by atoms with Gasteiger partial charge in [0.25, 0.3) is 0 Å². The second kappa shape index (κ2) is 7.31. The van der Waals surface area contributed by atoms with E-state index in [4.69, 9.17) is 0 Å². The van der Waals surface area contributed by atoms with Gasteiger partial charge in [0.15, 0.2) is 0 Å². The summed E-state index contributed by atoms with van der Waals surface area (Å²) in [5.41, 5.74) is 1.62. The van der Waals surface area contributed by atoms with Crippen LogP contribution in [0.15, 0.2) is 48.5 Å². The van der Waals surface area contributed by atoms with Crippen LogP contribution < -0.4 is 15.4 Å². The Morgan fingerprint density at radius 3 is 2.38 bits per heavy atom. The number of rotatable bonds is 5. The number of halogens is 1. The fourth-order valence-corrected chi connectivity index (χ4v) is 2.62. The number of urea groups is 1. The normalized spacial score (nSPS) is 12.3. The van der Waals surface area contributed by atoms with Gasteiger partial charge in [0.1, 0.15) is 5.82 Å². The molecule has 0 aliphatic carbocycles. The smallest absolute Gasteiger partial charge is 0.319 e. The van der Waals surface area contributed by atoms with E-state index in [-0.39, 0.29) is 11.9 Å². The van der Waals surface area contributed by atoms with Gasteiger partial charge in [-0.1, -0.05) is 12.1 Å². The van der Waals surface area contributed by atoms with Crippen LogP contribution in [0.3, 0.4) is 0 Å². The molecule has 0 saturated heterocycles. The first-order valence-corrected chi connectivity index (χ1v) is 9.03. The van der Waals surface area contributed by atoms with Crippen molar-refractivity contribution in [1.29, 1.82) is 0 Å². The predicted molar refractivity (Wildman–Crippen MR) is 91.9 cm³/mol. The van der Waals surface area contributed by atoms with Gasteiger partial charge in [-0.3, -0.25) is 4.72 Å². The van der Waals surface area contributed by atoms with Gasteiger partial charge in [-0.15, -0.1) is 0 Å². The van der Waals surface area contributed by atoms with Crippen molar-refractivity contribution < 1.29 is 17.6 Å². The third kappa shape index (κ3) is 5.54. The topological polar surface area (TPSA) is 87.3 Å². The average molecular weight is 351 g/mol. The van der Waals surface area contributed by atoms with Crippen LogP contribution in [0.5, 0.6) is 0 Å². The van der Waals surface area contributed by atoms with E-state index in [0.717, 1.165) is 11.8 Å². The Morgan fingerprint density at radius 2 is 1.75 bits per heavy atom. The Kier molecular flexibility index (Phi) is 5.40. The fraction of sp³-hybridized carbons (Fsp3) is 0.188. The van der Waals surface area contributed by atoms with Crippen LogP contribution in [0.2, 0.25) is 0 Å². The molecule has 0 radical (unpaired) electrons. The molecule has 2 aromatic rings. The van der Waals surface area contributed by atoms with Crippen molar-refractivity contribution in [2.45, 2.75) is 13.0 Å². The van der Waals surface area contributed by atoms with Crippen LogP contribution in [0.25, 0.3) is 0 Å². The molecule has 3 N–H and O–H groups in total. The molecule has 0 heterocycles. The van der Waals surface area contributed by atoms with Gasteiger partial charge in [0.05, 0.1) is 12.3 Å². The number of anilines is 2. The van der Waals surface area contributed by atoms with Crippen molar-refractivity contribution in [2.24, 2.45) is 0 Å². The summed E-state index contributed by atoms with van der Waals surface area (Å²) in [5, 5.41) is 5.32. The van der Waals surface area contributed by atoms with Crippen LogP contribution in [0.1, 0.15) is 18.5 Å². The summed E-state index contributed by atoms with van der Waals surface area (Å²) in [5.74, 6) is -0.385. The van der Waals surface area contributed by atoms with E-state index < -0.39 is 16.1 Å². The van der Waals surface area contributed by atoms with Crippen molar-refractivity contribution in [3.63, 3.8) is 0 Å². The maximum absolute atomic E-state index is 12.8. The molecule has 24 heavy (non-hydrogen) atoms. The lowest BCUT2D eigenvalue weighted by Crippen LogP contribution is -2.31. The van der Waals surface area contributed by atoms with Gasteiger partial charge in [0.2, 0.25) is 10.0 Å². The van der Waals surface area contributed by atoms with Crippen LogP contribution in [0.4, 0.5) is 20.6 Å². The van der Waals surface area contributed by atoms with Crippen LogP contribution in [-0.4, -0.2) is 20.7 Å². The number of hydrogen-bond donors (Lipinski definition) is 3. The lowest BCUT2D eigenvalue weighted by Gasteiger charge is -2.16. The lowest BCUT2D eigenvalue weighted by atomic mass is 10.1. The molecule has 0 fully saturated rings. The molecule has 0 aliphatic rings. The highest BCUT2D eigenvalue weighted by atomic mass is 32.2. The molecule has 0 aromatic heterocycles. The van der Waals surface area contributed by atoms with Crippen molar-refractivity contribution in [3.05, 3.63) is 59.9 Å². The molecule has 0 saturated carbocycles. The van der Waals surface area contributed by atoms with E-state index in [1.54, 1.807) is 31.2 Å². The Morgan fingerprint density at radius 1 is 1.08 bits per heavy atom. The van der Waals surface area contributed by atoms with E-state index in [1.807, 2.05) is 0 Å². The molecule has 2 aromatic carbocycles. The molecule has 128 valence electrons. The highest BCUT2D eigenvalue weighted by Gasteiger charge is 2.11. The zero-order valence-electron chi connectivity index (χ0n) is 13.2. The average Bonchev–Trinajstić information content (AvgIpc) is 2.48. The summed E-state index contributed by atoms with van der Waals surface area (Å²) in [7, 11) is -3.37. The lowest BCUT2D eigenvalue weighted by molar-refractivity contribution is 0.249. The van der Waals surface area contributed by atoms with E-state index in [1.165, 1.54) is 24.3 Å². The molecule has 0 aliphatic heterocycles. The summed E-state index contributed by atoms with van der Waals surface area (Å²) in [6, 6.07) is 11.3. The standard InChI is InChI=1S/C16H18FN3O3S/c1-11(12-4-3-5-15(10-12)20-24(2,22)23)18-16(21)19-14-8-6-13(17)7-9-14/h3-11,20H,1-2H3,(H2,18,19,21)/t11-/m0/s1. The van der Waals surface area contributed by atoms with E-state index in [0.29, 0.717) is 11.4 Å². The van der Waals surface area contributed by atoms with Crippen molar-refractivity contribution in [2.75, 3.05) is 16.3 Å². The maximum atomic E-state index is 12.8. The highest BCUT2D eigenvalue weighted by molar-refractivity contribution is 7.92. The molecule has 0 unspecified atom stereocenters. The van der Waals surface area contributed by atoms with Crippen molar-refractivity contribution in [3.8, 4) is 0 Å². The third-order valence-electron chi connectivity index (χ3n) is 3.14. The number of sulfonamides is 1. The minimum absolute atomic E-state index is 0.355. The number of hydrogen-bond acceptors (Lipinski definition) is 3. The molecule has 2 rings (SSSR count). The van der Waals surface area contributed by atoms with E-state index in [2.05, 4.69) is 15.4 Å². The summed E-state index contributed by atoms with van der Waals surface area (Å²) >= 11 is 0. The first kappa shape index (κ1) is 17.7. The zero-order chi connectivity index (χ0) is 17.7. The third-order valence-corrected chi connectivity index (χ3v) is 3.75. The Labute approximate surface area is 140 Å². The fourth-order valence-electron chi connectivity index (χ4n) is 2.07. The molecule has 2 amide bonds. The van der Waals surface area contributed by atoms with Crippen LogP contribution >= 0.6 is 0 Å². The van der Waals surface area contributed by atoms with Gasteiger partial charge >= 0.3 is 6.03 Å². The Balaban J connectivity index is 2.01. The van der Waals surface area contributed by atoms with Gasteiger partial charge in [-0.2, -0.15) is 0 Å². The molecule has 0 bridgehead atoms.